The molecule has 0 fully saturated rings. The second kappa shape index (κ2) is 8.87. The average Bonchev–Trinajstić information content (AvgIpc) is 3.48. The number of rotatable bonds is 9. The van der Waals surface area contributed by atoms with Crippen molar-refractivity contribution in [2.45, 2.75) is 26.6 Å². The van der Waals surface area contributed by atoms with E-state index in [1.165, 1.54) is 0 Å². The van der Waals surface area contributed by atoms with Gasteiger partial charge in [0, 0.05) is 13.1 Å². The molecule has 7 nitrogen and oxygen atoms in total. The largest absolute Gasteiger partial charge is 0.468 e. The number of likely N-dealkylation sites (N-methyl/N-ethyl adjacent to an activating group) is 1. The predicted molar refractivity (Wildman–Crippen MR) is 105 cm³/mol. The van der Waals surface area contributed by atoms with Gasteiger partial charge in [-0.1, -0.05) is 6.07 Å². The van der Waals surface area contributed by atoms with Gasteiger partial charge in [-0.3, -0.25) is 9.69 Å². The molecule has 0 saturated carbocycles. The molecule has 4 rings (SSSR count). The Morgan fingerprint density at radius 1 is 0.931 bits per heavy atom. The minimum atomic E-state index is 0.0447. The summed E-state index contributed by atoms with van der Waals surface area (Å²) >= 11 is 0. The van der Waals surface area contributed by atoms with Crippen LogP contribution >= 0.6 is 0 Å². The van der Waals surface area contributed by atoms with Crippen LogP contribution in [-0.2, 0) is 24.4 Å². The minimum Gasteiger partial charge on any atom is -0.468 e. The van der Waals surface area contributed by atoms with Gasteiger partial charge in [0.15, 0.2) is 11.5 Å². The summed E-state index contributed by atoms with van der Waals surface area (Å²) in [5, 5.41) is 0. The zero-order valence-electron chi connectivity index (χ0n) is 16.4. The van der Waals surface area contributed by atoms with E-state index in [4.69, 9.17) is 18.3 Å². The van der Waals surface area contributed by atoms with Gasteiger partial charge in [-0.25, -0.2) is 0 Å². The van der Waals surface area contributed by atoms with E-state index in [-0.39, 0.29) is 19.2 Å². The van der Waals surface area contributed by atoms with Gasteiger partial charge in [0.2, 0.25) is 12.7 Å². The first-order chi connectivity index (χ1) is 14.2. The number of nitrogens with zero attached hydrogens (tertiary/aromatic N) is 2. The van der Waals surface area contributed by atoms with Crippen LogP contribution in [0.5, 0.6) is 11.5 Å². The standard InChI is InChI=1S/C22H24N2O5/c1-2-24(12-17-7-8-20-21(11-17)29-16-28-20)22(25)15-23(13-18-5-3-9-26-18)14-19-6-4-10-27-19/h3-11H,2,12-16H2,1H3. The first kappa shape index (κ1) is 19.1. The number of fused-ring (bicyclic) bond motifs is 1. The van der Waals surface area contributed by atoms with Crippen LogP contribution in [-0.4, -0.2) is 35.6 Å². The van der Waals surface area contributed by atoms with Crippen LogP contribution in [0.4, 0.5) is 0 Å². The van der Waals surface area contributed by atoms with E-state index in [0.717, 1.165) is 28.6 Å². The normalized spacial score (nSPS) is 12.5. The maximum atomic E-state index is 13.0. The number of carbonyl (C=O) groups excluding carboxylic acids is 1. The summed E-state index contributed by atoms with van der Waals surface area (Å²) in [5.74, 6) is 3.13. The van der Waals surface area contributed by atoms with Gasteiger partial charge in [0.25, 0.3) is 0 Å². The summed E-state index contributed by atoms with van der Waals surface area (Å²) in [6.07, 6.45) is 3.28. The highest BCUT2D eigenvalue weighted by atomic mass is 16.7. The lowest BCUT2D eigenvalue weighted by Crippen LogP contribution is -2.39. The SMILES string of the molecule is CCN(Cc1ccc2c(c1)OCO2)C(=O)CN(Cc1ccco1)Cc1ccco1. The molecule has 3 aromatic rings. The molecule has 7 heteroatoms. The topological polar surface area (TPSA) is 68.3 Å². The van der Waals surface area contributed by atoms with Gasteiger partial charge in [-0.2, -0.15) is 0 Å². The first-order valence-corrected chi connectivity index (χ1v) is 9.64. The molecule has 0 bridgehead atoms. The van der Waals surface area contributed by atoms with Crippen LogP contribution in [0.2, 0.25) is 0 Å². The van der Waals surface area contributed by atoms with Crippen LogP contribution in [0.3, 0.4) is 0 Å². The van der Waals surface area contributed by atoms with Crippen molar-refractivity contribution in [2.75, 3.05) is 19.9 Å². The predicted octanol–water partition coefficient (Wildman–Crippen LogP) is 3.65. The van der Waals surface area contributed by atoms with Crippen molar-refractivity contribution in [3.8, 4) is 11.5 Å². The molecule has 0 N–H and O–H groups in total. The summed E-state index contributed by atoms with van der Waals surface area (Å²) in [7, 11) is 0. The smallest absolute Gasteiger partial charge is 0.237 e. The lowest BCUT2D eigenvalue weighted by atomic mass is 10.2. The average molecular weight is 396 g/mol. The van der Waals surface area contributed by atoms with E-state index in [0.29, 0.717) is 26.2 Å². The minimum absolute atomic E-state index is 0.0447. The van der Waals surface area contributed by atoms with E-state index in [2.05, 4.69) is 0 Å². The summed E-state index contributed by atoms with van der Waals surface area (Å²) in [6, 6.07) is 13.3. The van der Waals surface area contributed by atoms with E-state index in [1.807, 2.05) is 59.2 Å². The molecule has 152 valence electrons. The van der Waals surface area contributed by atoms with E-state index in [1.54, 1.807) is 12.5 Å². The highest BCUT2D eigenvalue weighted by Gasteiger charge is 2.20. The molecule has 1 aliphatic rings. The van der Waals surface area contributed by atoms with E-state index >= 15 is 0 Å². The molecule has 1 amide bonds. The molecule has 0 spiro atoms. The summed E-state index contributed by atoms with van der Waals surface area (Å²) in [4.78, 5) is 16.9. The van der Waals surface area contributed by atoms with Gasteiger partial charge < -0.3 is 23.2 Å². The third-order valence-electron chi connectivity index (χ3n) is 4.82. The van der Waals surface area contributed by atoms with Gasteiger partial charge in [-0.15, -0.1) is 0 Å². The van der Waals surface area contributed by atoms with Gasteiger partial charge in [0.1, 0.15) is 11.5 Å². The van der Waals surface area contributed by atoms with Crippen LogP contribution in [0.15, 0.2) is 63.8 Å². The molecule has 3 heterocycles. The maximum absolute atomic E-state index is 13.0. The molecule has 0 atom stereocenters. The highest BCUT2D eigenvalue weighted by Crippen LogP contribution is 2.32. The van der Waals surface area contributed by atoms with Gasteiger partial charge in [0.05, 0.1) is 32.2 Å². The van der Waals surface area contributed by atoms with Gasteiger partial charge >= 0.3 is 0 Å². The Balaban J connectivity index is 1.42. The number of amides is 1. The van der Waals surface area contributed by atoms with Crippen molar-refractivity contribution in [3.05, 3.63) is 72.1 Å². The Morgan fingerprint density at radius 3 is 2.24 bits per heavy atom. The number of ether oxygens (including phenoxy) is 2. The number of hydrogen-bond acceptors (Lipinski definition) is 6. The van der Waals surface area contributed by atoms with Crippen molar-refractivity contribution in [1.82, 2.24) is 9.80 Å². The van der Waals surface area contributed by atoms with E-state index < -0.39 is 0 Å². The summed E-state index contributed by atoms with van der Waals surface area (Å²) in [5.41, 5.74) is 1.01. The quantitative estimate of drug-likeness (QED) is 0.550. The van der Waals surface area contributed by atoms with Gasteiger partial charge in [-0.05, 0) is 48.9 Å². The van der Waals surface area contributed by atoms with Crippen LogP contribution in [0, 0.1) is 0 Å². The van der Waals surface area contributed by atoms with Crippen molar-refractivity contribution in [3.63, 3.8) is 0 Å². The van der Waals surface area contributed by atoms with Crippen LogP contribution in [0.1, 0.15) is 24.0 Å². The Kier molecular flexibility index (Phi) is 5.86. The molecule has 2 aromatic heterocycles. The fourth-order valence-corrected chi connectivity index (χ4v) is 3.34. The lowest BCUT2D eigenvalue weighted by molar-refractivity contribution is -0.133. The molecular weight excluding hydrogens is 372 g/mol. The number of hydrogen-bond donors (Lipinski definition) is 0. The van der Waals surface area contributed by atoms with Crippen LogP contribution in [0.25, 0.3) is 0 Å². The third-order valence-corrected chi connectivity index (χ3v) is 4.82. The molecule has 29 heavy (non-hydrogen) atoms. The molecule has 0 saturated heterocycles. The Hall–Kier alpha value is -3.19. The summed E-state index contributed by atoms with van der Waals surface area (Å²) in [6.45, 7) is 4.67. The Labute approximate surface area is 169 Å². The zero-order chi connectivity index (χ0) is 20.1. The second-order valence-corrected chi connectivity index (χ2v) is 6.90. The van der Waals surface area contributed by atoms with Crippen molar-refractivity contribution < 1.29 is 23.1 Å². The highest BCUT2D eigenvalue weighted by molar-refractivity contribution is 5.78. The van der Waals surface area contributed by atoms with Crippen molar-refractivity contribution in [1.29, 1.82) is 0 Å². The molecule has 0 radical (unpaired) electrons. The Morgan fingerprint density at radius 2 is 1.62 bits per heavy atom. The zero-order valence-corrected chi connectivity index (χ0v) is 16.4. The first-order valence-electron chi connectivity index (χ1n) is 9.64. The van der Waals surface area contributed by atoms with E-state index in [9.17, 15) is 4.79 Å². The second-order valence-electron chi connectivity index (χ2n) is 6.90. The number of furan rings is 2. The molecule has 1 aliphatic heterocycles. The molecule has 1 aromatic carbocycles. The van der Waals surface area contributed by atoms with Crippen molar-refractivity contribution in [2.24, 2.45) is 0 Å². The number of carbonyl (C=O) groups is 1. The number of benzene rings is 1. The molecule has 0 unspecified atom stereocenters. The van der Waals surface area contributed by atoms with Crippen molar-refractivity contribution >= 4 is 5.91 Å². The van der Waals surface area contributed by atoms with Crippen LogP contribution < -0.4 is 9.47 Å². The molecular formula is C22H24N2O5. The Bertz CT molecular complexity index is 885. The summed E-state index contributed by atoms with van der Waals surface area (Å²) < 4.78 is 21.7. The fraction of sp³-hybridized carbons (Fsp3) is 0.318. The molecule has 0 aliphatic carbocycles. The fourth-order valence-electron chi connectivity index (χ4n) is 3.34. The maximum Gasteiger partial charge on any atom is 0.237 e. The monoisotopic (exact) mass is 396 g/mol. The third kappa shape index (κ3) is 4.81. The lowest BCUT2D eigenvalue weighted by Gasteiger charge is -2.26.